The number of hydrogen-bond donors (Lipinski definition) is 0. The van der Waals surface area contributed by atoms with Crippen LogP contribution in [-0.4, -0.2) is 26.6 Å². The third-order valence-corrected chi connectivity index (χ3v) is 5.22. The van der Waals surface area contributed by atoms with Crippen LogP contribution >= 0.6 is 0 Å². The molecule has 1 heterocycles. The Morgan fingerprint density at radius 2 is 1.96 bits per heavy atom. The lowest BCUT2D eigenvalue weighted by atomic mass is 9.86. The van der Waals surface area contributed by atoms with Crippen LogP contribution in [-0.2, 0) is 19.0 Å². The van der Waals surface area contributed by atoms with E-state index in [1.165, 1.54) is 7.05 Å². The first-order chi connectivity index (χ1) is 12.7. The molecule has 3 rings (SSSR count). The Morgan fingerprint density at radius 3 is 2.52 bits per heavy atom. The Hall–Kier alpha value is -2.31. The van der Waals surface area contributed by atoms with Gasteiger partial charge in [-0.3, -0.25) is 4.79 Å². The average Bonchev–Trinajstić information content (AvgIpc) is 3.40. The van der Waals surface area contributed by atoms with Crippen molar-refractivity contribution in [2.45, 2.75) is 58.0 Å². The summed E-state index contributed by atoms with van der Waals surface area (Å²) < 4.78 is 42.0. The molecule has 1 amide bonds. The molecule has 1 aliphatic carbocycles. The van der Waals surface area contributed by atoms with Crippen LogP contribution in [0.5, 0.6) is 0 Å². The van der Waals surface area contributed by atoms with Crippen LogP contribution < -0.4 is 0 Å². The predicted octanol–water partition coefficient (Wildman–Crippen LogP) is 4.60. The minimum absolute atomic E-state index is 0.0949. The van der Waals surface area contributed by atoms with Crippen LogP contribution in [0.3, 0.4) is 0 Å². The molecule has 1 fully saturated rings. The molecule has 0 N–H and O–H groups in total. The molecular weight excluding hydrogens is 355 g/mol. The lowest BCUT2D eigenvalue weighted by Gasteiger charge is -2.40. The standard InChI is InChI=1S/C20H24F3N3O/c1-5-12-8-6-7-9-14(12)20(2,3)26(13-10-11-13)19(27)15-16(17(21)22)24-25(4)18(15)23/h6-9,13,17H,5,10-11H2,1-4H3. The number of carbonyl (C=O) groups excluding carboxylic acids is 1. The molecule has 1 saturated carbocycles. The molecule has 4 nitrogen and oxygen atoms in total. The largest absolute Gasteiger partial charge is 0.326 e. The molecular formula is C20H24F3N3O. The van der Waals surface area contributed by atoms with Crippen molar-refractivity contribution >= 4 is 5.91 Å². The fourth-order valence-corrected chi connectivity index (χ4v) is 3.76. The summed E-state index contributed by atoms with van der Waals surface area (Å²) in [5.74, 6) is -1.75. The number of aromatic nitrogens is 2. The van der Waals surface area contributed by atoms with E-state index < -0.39 is 35.1 Å². The number of aryl methyl sites for hydroxylation is 2. The number of benzene rings is 1. The maximum atomic E-state index is 14.5. The van der Waals surface area contributed by atoms with E-state index in [-0.39, 0.29) is 6.04 Å². The maximum Gasteiger partial charge on any atom is 0.283 e. The first kappa shape index (κ1) is 19.5. The zero-order valence-electron chi connectivity index (χ0n) is 16.0. The molecule has 0 spiro atoms. The molecule has 27 heavy (non-hydrogen) atoms. The highest BCUT2D eigenvalue weighted by molar-refractivity contribution is 5.96. The number of carbonyl (C=O) groups is 1. The SMILES string of the molecule is CCc1ccccc1C(C)(C)N(C(=O)c1c(C(F)F)nn(C)c1F)C1CC1. The number of nitrogens with zero attached hydrogens (tertiary/aromatic N) is 3. The fourth-order valence-electron chi connectivity index (χ4n) is 3.76. The van der Waals surface area contributed by atoms with Crippen molar-refractivity contribution in [1.29, 1.82) is 0 Å². The van der Waals surface area contributed by atoms with Crippen LogP contribution in [0, 0.1) is 5.95 Å². The van der Waals surface area contributed by atoms with Crippen LogP contribution in [0.1, 0.15) is 67.2 Å². The minimum Gasteiger partial charge on any atom is -0.326 e. The Morgan fingerprint density at radius 1 is 1.33 bits per heavy atom. The molecule has 0 saturated heterocycles. The van der Waals surface area contributed by atoms with Crippen molar-refractivity contribution < 1.29 is 18.0 Å². The Labute approximate surface area is 157 Å². The highest BCUT2D eigenvalue weighted by atomic mass is 19.3. The second kappa shape index (κ2) is 7.02. The van der Waals surface area contributed by atoms with Gasteiger partial charge in [0.2, 0.25) is 5.95 Å². The van der Waals surface area contributed by atoms with Crippen LogP contribution in [0.15, 0.2) is 24.3 Å². The summed E-state index contributed by atoms with van der Waals surface area (Å²) in [6, 6.07) is 7.65. The summed E-state index contributed by atoms with van der Waals surface area (Å²) in [7, 11) is 1.22. The van der Waals surface area contributed by atoms with Crippen molar-refractivity contribution in [3.8, 4) is 0 Å². The number of hydrogen-bond acceptors (Lipinski definition) is 2. The molecule has 0 atom stereocenters. The van der Waals surface area contributed by atoms with E-state index in [0.29, 0.717) is 4.68 Å². The van der Waals surface area contributed by atoms with E-state index in [9.17, 15) is 18.0 Å². The maximum absolute atomic E-state index is 14.5. The van der Waals surface area contributed by atoms with Crippen LogP contribution in [0.4, 0.5) is 13.2 Å². The Bertz CT molecular complexity index is 856. The van der Waals surface area contributed by atoms with Gasteiger partial charge in [0.15, 0.2) is 0 Å². The van der Waals surface area contributed by atoms with Gasteiger partial charge in [-0.25, -0.2) is 13.5 Å². The zero-order chi connectivity index (χ0) is 19.9. The first-order valence-corrected chi connectivity index (χ1v) is 9.12. The highest BCUT2D eigenvalue weighted by Crippen LogP contribution is 2.41. The summed E-state index contributed by atoms with van der Waals surface area (Å²) in [5, 5.41) is 3.53. The third-order valence-electron chi connectivity index (χ3n) is 5.22. The zero-order valence-corrected chi connectivity index (χ0v) is 16.0. The summed E-state index contributed by atoms with van der Waals surface area (Å²) in [5.41, 5.74) is -0.184. The molecule has 146 valence electrons. The second-order valence-electron chi connectivity index (χ2n) is 7.45. The van der Waals surface area contributed by atoms with Gasteiger partial charge >= 0.3 is 0 Å². The third kappa shape index (κ3) is 3.35. The predicted molar refractivity (Wildman–Crippen MR) is 96.2 cm³/mol. The van der Waals surface area contributed by atoms with E-state index in [4.69, 9.17) is 0 Å². The topological polar surface area (TPSA) is 38.1 Å². The second-order valence-corrected chi connectivity index (χ2v) is 7.45. The first-order valence-electron chi connectivity index (χ1n) is 9.12. The normalized spacial score (nSPS) is 14.7. The molecule has 0 unspecified atom stereocenters. The highest BCUT2D eigenvalue weighted by Gasteiger charge is 2.46. The van der Waals surface area contributed by atoms with Crippen LogP contribution in [0.25, 0.3) is 0 Å². The number of rotatable bonds is 6. The number of amides is 1. The molecule has 0 aliphatic heterocycles. The van der Waals surface area contributed by atoms with E-state index in [1.54, 1.807) is 4.90 Å². The number of alkyl halides is 2. The Kier molecular flexibility index (Phi) is 5.06. The van der Waals surface area contributed by atoms with Crippen molar-refractivity contribution in [2.24, 2.45) is 7.05 Å². The Balaban J connectivity index is 2.11. The molecule has 1 aliphatic rings. The van der Waals surface area contributed by atoms with Gasteiger partial charge in [-0.2, -0.15) is 9.49 Å². The minimum atomic E-state index is -3.02. The van der Waals surface area contributed by atoms with Crippen LogP contribution in [0.2, 0.25) is 0 Å². The van der Waals surface area contributed by atoms with Crippen molar-refractivity contribution in [2.75, 3.05) is 0 Å². The van der Waals surface area contributed by atoms with Gasteiger partial charge in [-0.1, -0.05) is 31.2 Å². The van der Waals surface area contributed by atoms with Gasteiger partial charge < -0.3 is 4.90 Å². The molecule has 0 radical (unpaired) electrons. The van der Waals surface area contributed by atoms with Crippen molar-refractivity contribution in [3.63, 3.8) is 0 Å². The number of halogens is 3. The van der Waals surface area contributed by atoms with Crippen molar-refractivity contribution in [1.82, 2.24) is 14.7 Å². The average molecular weight is 379 g/mol. The van der Waals surface area contributed by atoms with Gasteiger partial charge in [0, 0.05) is 13.1 Å². The lowest BCUT2D eigenvalue weighted by molar-refractivity contribution is 0.0497. The quantitative estimate of drug-likeness (QED) is 0.736. The summed E-state index contributed by atoms with van der Waals surface area (Å²) in [6.07, 6.45) is -0.702. The van der Waals surface area contributed by atoms with E-state index in [1.807, 2.05) is 45.0 Å². The molecule has 2 aromatic rings. The van der Waals surface area contributed by atoms with Gasteiger partial charge in [-0.15, -0.1) is 0 Å². The molecule has 1 aromatic heterocycles. The summed E-state index contributed by atoms with van der Waals surface area (Å²) in [6.45, 7) is 5.79. The van der Waals surface area contributed by atoms with Crippen molar-refractivity contribution in [3.05, 3.63) is 52.6 Å². The van der Waals surface area contributed by atoms with E-state index in [2.05, 4.69) is 5.10 Å². The summed E-state index contributed by atoms with van der Waals surface area (Å²) in [4.78, 5) is 14.9. The molecule has 7 heteroatoms. The summed E-state index contributed by atoms with van der Waals surface area (Å²) >= 11 is 0. The van der Waals surface area contributed by atoms with Gasteiger partial charge in [-0.05, 0) is 44.2 Å². The monoisotopic (exact) mass is 379 g/mol. The lowest BCUT2D eigenvalue weighted by Crippen LogP contribution is -2.48. The van der Waals surface area contributed by atoms with Gasteiger partial charge in [0.25, 0.3) is 12.3 Å². The van der Waals surface area contributed by atoms with E-state index >= 15 is 0 Å². The smallest absolute Gasteiger partial charge is 0.283 e. The molecule has 1 aromatic carbocycles. The molecule has 0 bridgehead atoms. The van der Waals surface area contributed by atoms with E-state index in [0.717, 1.165) is 30.4 Å². The van der Waals surface area contributed by atoms with Gasteiger partial charge in [0.1, 0.15) is 11.3 Å². The van der Waals surface area contributed by atoms with Gasteiger partial charge in [0.05, 0.1) is 5.54 Å². The fraction of sp³-hybridized carbons (Fsp3) is 0.500.